The molecule has 3 heteroatoms. The van der Waals surface area contributed by atoms with Crippen LogP contribution in [-0.2, 0) is 6.42 Å². The minimum absolute atomic E-state index is 0.578. The van der Waals surface area contributed by atoms with Crippen molar-refractivity contribution in [3.05, 3.63) is 28.8 Å². The smallest absolute Gasteiger partial charge is 0.119 e. The van der Waals surface area contributed by atoms with Crippen LogP contribution in [0.4, 0.5) is 0 Å². The molecule has 1 rings (SSSR count). The van der Waals surface area contributed by atoms with Gasteiger partial charge in [0.15, 0.2) is 0 Å². The van der Waals surface area contributed by atoms with E-state index in [1.807, 2.05) is 12.1 Å². The van der Waals surface area contributed by atoms with E-state index in [-0.39, 0.29) is 0 Å². The summed E-state index contributed by atoms with van der Waals surface area (Å²) in [6.07, 6.45) is 1.02. The maximum Gasteiger partial charge on any atom is 0.119 e. The Morgan fingerprint density at radius 2 is 1.74 bits per heavy atom. The number of benzene rings is 1. The zero-order valence-corrected chi connectivity index (χ0v) is 12.4. The Morgan fingerprint density at radius 1 is 1.16 bits per heavy atom. The number of aryl methyl sites for hydroxylation is 2. The van der Waals surface area contributed by atoms with Crippen molar-refractivity contribution >= 4 is 0 Å². The first kappa shape index (κ1) is 16.0. The van der Waals surface area contributed by atoms with Gasteiger partial charge in [-0.25, -0.2) is 0 Å². The number of ether oxygens (including phenoxy) is 1. The third kappa shape index (κ3) is 4.84. The summed E-state index contributed by atoms with van der Waals surface area (Å²) < 4.78 is 5.65. The van der Waals surface area contributed by atoms with Gasteiger partial charge < -0.3 is 14.9 Å². The molecule has 0 aromatic heterocycles. The van der Waals surface area contributed by atoms with Crippen LogP contribution in [0.1, 0.15) is 43.4 Å². The number of hydrogen-bond acceptors (Lipinski definition) is 3. The Hall–Kier alpha value is -1.06. The molecule has 1 aromatic carbocycles. The van der Waals surface area contributed by atoms with E-state index in [4.69, 9.17) is 4.74 Å². The Kier molecular flexibility index (Phi) is 6.32. The quantitative estimate of drug-likeness (QED) is 0.798. The summed E-state index contributed by atoms with van der Waals surface area (Å²) >= 11 is 0. The number of aliphatic hydroxyl groups excluding tert-OH is 2. The third-order valence-electron chi connectivity index (χ3n) is 3.39. The molecular formula is C16H26O3. The fourth-order valence-corrected chi connectivity index (χ4v) is 2.18. The van der Waals surface area contributed by atoms with E-state index >= 15 is 0 Å². The lowest BCUT2D eigenvalue weighted by molar-refractivity contribution is 0.0265. The summed E-state index contributed by atoms with van der Waals surface area (Å²) in [6.45, 7) is 8.57. The Bertz CT molecular complexity index is 376. The van der Waals surface area contributed by atoms with E-state index in [2.05, 4.69) is 20.8 Å². The van der Waals surface area contributed by atoms with E-state index < -0.39 is 12.2 Å². The minimum Gasteiger partial charge on any atom is -0.494 e. The van der Waals surface area contributed by atoms with E-state index in [0.29, 0.717) is 6.42 Å². The molecule has 0 amide bonds. The van der Waals surface area contributed by atoms with Crippen molar-refractivity contribution in [1.29, 1.82) is 0 Å². The Labute approximate surface area is 116 Å². The van der Waals surface area contributed by atoms with E-state index in [1.54, 1.807) is 6.92 Å². The molecule has 0 aliphatic carbocycles. The average molecular weight is 266 g/mol. The molecule has 0 bridgehead atoms. The van der Waals surface area contributed by atoms with Gasteiger partial charge in [-0.05, 0) is 68.9 Å². The van der Waals surface area contributed by atoms with Crippen LogP contribution in [0.2, 0.25) is 0 Å². The van der Waals surface area contributed by atoms with Crippen LogP contribution in [0.5, 0.6) is 5.75 Å². The molecular weight excluding hydrogens is 240 g/mol. The summed E-state index contributed by atoms with van der Waals surface area (Å²) in [7, 11) is 0. The van der Waals surface area contributed by atoms with Crippen molar-refractivity contribution < 1.29 is 14.9 Å². The SMILES string of the molecule is CCCOc1cc(C)c(CCC(O)C(C)O)c(C)c1. The molecule has 0 spiro atoms. The van der Waals surface area contributed by atoms with Gasteiger partial charge in [0.2, 0.25) is 0 Å². The number of aliphatic hydroxyl groups is 2. The van der Waals surface area contributed by atoms with Crippen molar-refractivity contribution in [2.75, 3.05) is 6.61 Å². The largest absolute Gasteiger partial charge is 0.494 e. The molecule has 0 saturated heterocycles. The first-order valence-electron chi connectivity index (χ1n) is 7.04. The fraction of sp³-hybridized carbons (Fsp3) is 0.625. The molecule has 19 heavy (non-hydrogen) atoms. The highest BCUT2D eigenvalue weighted by molar-refractivity contribution is 5.41. The van der Waals surface area contributed by atoms with Crippen LogP contribution in [-0.4, -0.2) is 29.0 Å². The summed E-state index contributed by atoms with van der Waals surface area (Å²) in [6, 6.07) is 4.10. The predicted octanol–water partition coefficient (Wildman–Crippen LogP) is 2.77. The van der Waals surface area contributed by atoms with E-state index in [0.717, 1.165) is 25.2 Å². The topological polar surface area (TPSA) is 49.7 Å². The van der Waals surface area contributed by atoms with Gasteiger partial charge in [0, 0.05) is 0 Å². The van der Waals surface area contributed by atoms with Gasteiger partial charge in [-0.1, -0.05) is 6.92 Å². The van der Waals surface area contributed by atoms with Gasteiger partial charge >= 0.3 is 0 Å². The van der Waals surface area contributed by atoms with Crippen LogP contribution >= 0.6 is 0 Å². The van der Waals surface area contributed by atoms with Gasteiger partial charge in [-0.15, -0.1) is 0 Å². The standard InChI is InChI=1S/C16H26O3/c1-5-8-19-14-9-11(2)15(12(3)10-14)6-7-16(18)13(4)17/h9-10,13,16-18H,5-8H2,1-4H3. The molecule has 0 aliphatic heterocycles. The molecule has 2 N–H and O–H groups in total. The van der Waals surface area contributed by atoms with Gasteiger partial charge in [0.1, 0.15) is 5.75 Å². The average Bonchev–Trinajstić information content (AvgIpc) is 2.34. The molecule has 1 aromatic rings. The zero-order chi connectivity index (χ0) is 14.4. The van der Waals surface area contributed by atoms with Crippen molar-refractivity contribution in [1.82, 2.24) is 0 Å². The molecule has 3 nitrogen and oxygen atoms in total. The van der Waals surface area contributed by atoms with Crippen molar-refractivity contribution in [2.45, 2.75) is 59.2 Å². The molecule has 0 fully saturated rings. The third-order valence-corrected chi connectivity index (χ3v) is 3.39. The molecule has 108 valence electrons. The molecule has 0 saturated carbocycles. The van der Waals surface area contributed by atoms with Crippen LogP contribution in [0, 0.1) is 13.8 Å². The van der Waals surface area contributed by atoms with Crippen molar-refractivity contribution in [2.24, 2.45) is 0 Å². The van der Waals surface area contributed by atoms with Gasteiger partial charge in [0.25, 0.3) is 0 Å². The van der Waals surface area contributed by atoms with Crippen LogP contribution < -0.4 is 4.74 Å². The lowest BCUT2D eigenvalue weighted by atomic mass is 9.96. The van der Waals surface area contributed by atoms with Gasteiger partial charge in [-0.2, -0.15) is 0 Å². The normalized spacial score (nSPS) is 14.2. The molecule has 2 atom stereocenters. The Morgan fingerprint density at radius 3 is 2.21 bits per heavy atom. The predicted molar refractivity (Wildman–Crippen MR) is 77.7 cm³/mol. The first-order chi connectivity index (χ1) is 8.95. The highest BCUT2D eigenvalue weighted by Crippen LogP contribution is 2.24. The van der Waals surface area contributed by atoms with E-state index in [9.17, 15) is 10.2 Å². The van der Waals surface area contributed by atoms with Crippen molar-refractivity contribution in [3.63, 3.8) is 0 Å². The zero-order valence-electron chi connectivity index (χ0n) is 12.4. The highest BCUT2D eigenvalue weighted by atomic mass is 16.5. The molecule has 2 unspecified atom stereocenters. The monoisotopic (exact) mass is 266 g/mol. The fourth-order valence-electron chi connectivity index (χ4n) is 2.18. The number of rotatable bonds is 7. The summed E-state index contributed by atoms with van der Waals surface area (Å²) in [5, 5.41) is 19.0. The second kappa shape index (κ2) is 7.51. The summed E-state index contributed by atoms with van der Waals surface area (Å²) in [5.41, 5.74) is 3.61. The number of hydrogen-bond donors (Lipinski definition) is 2. The lowest BCUT2D eigenvalue weighted by Crippen LogP contribution is -2.23. The first-order valence-corrected chi connectivity index (χ1v) is 7.04. The molecule has 0 heterocycles. The summed E-state index contributed by atoms with van der Waals surface area (Å²) in [4.78, 5) is 0. The molecule has 0 radical (unpaired) electrons. The van der Waals surface area contributed by atoms with Crippen molar-refractivity contribution in [3.8, 4) is 5.75 Å². The summed E-state index contributed by atoms with van der Waals surface area (Å²) in [5.74, 6) is 0.914. The second-order valence-corrected chi connectivity index (χ2v) is 5.23. The minimum atomic E-state index is -0.673. The van der Waals surface area contributed by atoms with E-state index in [1.165, 1.54) is 16.7 Å². The Balaban J connectivity index is 2.74. The lowest BCUT2D eigenvalue weighted by Gasteiger charge is -2.17. The highest BCUT2D eigenvalue weighted by Gasteiger charge is 2.13. The van der Waals surface area contributed by atoms with Crippen LogP contribution in [0.15, 0.2) is 12.1 Å². The second-order valence-electron chi connectivity index (χ2n) is 5.23. The van der Waals surface area contributed by atoms with Crippen LogP contribution in [0.25, 0.3) is 0 Å². The van der Waals surface area contributed by atoms with Gasteiger partial charge in [0.05, 0.1) is 18.8 Å². The van der Waals surface area contributed by atoms with Gasteiger partial charge in [-0.3, -0.25) is 0 Å². The van der Waals surface area contributed by atoms with Crippen LogP contribution in [0.3, 0.4) is 0 Å². The molecule has 0 aliphatic rings. The maximum atomic E-state index is 9.67. The maximum absolute atomic E-state index is 9.67.